The average molecular weight is 491 g/mol. The van der Waals surface area contributed by atoms with Crippen LogP contribution in [0.15, 0.2) is 36.8 Å². The molecule has 3 atom stereocenters. The van der Waals surface area contributed by atoms with Crippen molar-refractivity contribution in [2.24, 2.45) is 11.8 Å². The minimum absolute atomic E-state index is 0.0451. The fourth-order valence-corrected chi connectivity index (χ4v) is 5.07. The summed E-state index contributed by atoms with van der Waals surface area (Å²) in [5.74, 6) is 7.41. The summed E-state index contributed by atoms with van der Waals surface area (Å²) < 4.78 is 6.41. The first kappa shape index (κ1) is 26.1. The maximum atomic E-state index is 13.6. The third-order valence-corrected chi connectivity index (χ3v) is 7.31. The van der Waals surface area contributed by atoms with Crippen LogP contribution in [-0.4, -0.2) is 69.7 Å². The van der Waals surface area contributed by atoms with Gasteiger partial charge < -0.3 is 14.7 Å². The van der Waals surface area contributed by atoms with Crippen LogP contribution in [0.2, 0.25) is 0 Å². The number of carbonyl (C=O) groups excluding carboxylic acids is 1. The maximum absolute atomic E-state index is 13.6. The van der Waals surface area contributed by atoms with Crippen LogP contribution in [0.5, 0.6) is 5.88 Å². The van der Waals surface area contributed by atoms with Gasteiger partial charge in [-0.1, -0.05) is 31.6 Å². The summed E-state index contributed by atoms with van der Waals surface area (Å²) in [4.78, 5) is 26.2. The third-order valence-electron chi connectivity index (χ3n) is 7.31. The number of aromatic nitrogens is 2. The molecule has 2 aliphatic rings. The van der Waals surface area contributed by atoms with Gasteiger partial charge in [-0.25, -0.2) is 4.98 Å². The lowest BCUT2D eigenvalue weighted by atomic mass is 9.99. The fourth-order valence-electron chi connectivity index (χ4n) is 5.07. The van der Waals surface area contributed by atoms with Gasteiger partial charge in [0, 0.05) is 56.1 Å². The average Bonchev–Trinajstić information content (AvgIpc) is 3.40. The number of rotatable bonds is 7. The summed E-state index contributed by atoms with van der Waals surface area (Å²) in [5, 5.41) is 9.87. The van der Waals surface area contributed by atoms with E-state index in [0.29, 0.717) is 30.5 Å². The summed E-state index contributed by atoms with van der Waals surface area (Å²) in [6.07, 6.45) is 11.1. The monoisotopic (exact) mass is 490 g/mol. The number of aliphatic hydroxyl groups is 1. The number of ether oxygens (including phenoxy) is 1. The number of hydrogen-bond acceptors (Lipinski definition) is 6. The molecule has 1 saturated carbocycles. The Hall–Kier alpha value is -2.95. The summed E-state index contributed by atoms with van der Waals surface area (Å²) in [6.45, 7) is 5.78. The van der Waals surface area contributed by atoms with Gasteiger partial charge in [0.1, 0.15) is 11.7 Å². The molecule has 36 heavy (non-hydrogen) atoms. The predicted octanol–water partition coefficient (Wildman–Crippen LogP) is 3.76. The topological polar surface area (TPSA) is 78.8 Å². The van der Waals surface area contributed by atoms with Crippen molar-refractivity contribution in [3.05, 3.63) is 53.5 Å². The highest BCUT2D eigenvalue weighted by molar-refractivity contribution is 5.97. The molecule has 7 nitrogen and oxygen atoms in total. The van der Waals surface area contributed by atoms with E-state index in [-0.39, 0.29) is 30.6 Å². The van der Waals surface area contributed by atoms with Crippen molar-refractivity contribution in [2.45, 2.75) is 64.6 Å². The highest BCUT2D eigenvalue weighted by atomic mass is 16.5. The molecule has 4 rings (SSSR count). The van der Waals surface area contributed by atoms with Crippen molar-refractivity contribution >= 4 is 5.91 Å². The molecule has 0 bridgehead atoms. The molecular weight excluding hydrogens is 452 g/mol. The molecule has 0 spiro atoms. The zero-order valence-corrected chi connectivity index (χ0v) is 21.7. The molecule has 2 aromatic heterocycles. The van der Waals surface area contributed by atoms with Crippen molar-refractivity contribution < 1.29 is 14.6 Å². The van der Waals surface area contributed by atoms with Crippen LogP contribution in [-0.2, 0) is 6.54 Å². The number of amides is 1. The zero-order valence-electron chi connectivity index (χ0n) is 21.7. The van der Waals surface area contributed by atoms with Gasteiger partial charge in [-0.3, -0.25) is 14.7 Å². The Bertz CT molecular complexity index is 1070. The van der Waals surface area contributed by atoms with Crippen molar-refractivity contribution in [1.82, 2.24) is 19.8 Å². The van der Waals surface area contributed by atoms with Crippen molar-refractivity contribution in [3.63, 3.8) is 0 Å². The number of hydrogen-bond donors (Lipinski definition) is 1. The molecule has 1 aliphatic heterocycles. The third kappa shape index (κ3) is 6.63. The molecule has 7 heteroatoms. The minimum Gasteiger partial charge on any atom is -0.472 e. The quantitative estimate of drug-likeness (QED) is 0.596. The highest BCUT2D eigenvalue weighted by Gasteiger charge is 2.34. The lowest BCUT2D eigenvalue weighted by molar-refractivity contribution is 0.0325. The minimum atomic E-state index is -0.307. The Morgan fingerprint density at radius 3 is 2.75 bits per heavy atom. The van der Waals surface area contributed by atoms with Crippen LogP contribution in [0.1, 0.15) is 67.4 Å². The highest BCUT2D eigenvalue weighted by Crippen LogP contribution is 2.28. The van der Waals surface area contributed by atoms with E-state index in [1.165, 1.54) is 31.2 Å². The Kier molecular flexibility index (Phi) is 8.95. The van der Waals surface area contributed by atoms with E-state index in [1.807, 2.05) is 19.1 Å². The van der Waals surface area contributed by atoms with E-state index in [4.69, 9.17) is 4.74 Å². The number of likely N-dealkylation sites (N-methyl/N-ethyl adjacent to an activating group) is 1. The lowest BCUT2D eigenvalue weighted by Crippen LogP contribution is -2.49. The van der Waals surface area contributed by atoms with Crippen molar-refractivity contribution in [2.75, 3.05) is 26.7 Å². The standard InChI is InChI=1S/C29H38N4O3/c1-21-17-33(22(2)20-34)29(35)26-15-25(10-6-9-23-7-4-5-8-23)16-31-28(26)36-27(21)19-32(3)18-24-11-13-30-14-12-24/h11-16,21-23,27,34H,4-5,7-9,17-20H2,1-3H3/t21-,22+,27-/m0/s1. The predicted molar refractivity (Wildman–Crippen MR) is 139 cm³/mol. The maximum Gasteiger partial charge on any atom is 0.259 e. The van der Waals surface area contributed by atoms with E-state index < -0.39 is 0 Å². The molecule has 0 radical (unpaired) electrons. The molecule has 1 N–H and O–H groups in total. The molecule has 0 saturated heterocycles. The summed E-state index contributed by atoms with van der Waals surface area (Å²) >= 11 is 0. The Morgan fingerprint density at radius 1 is 1.28 bits per heavy atom. The van der Waals surface area contributed by atoms with Crippen molar-refractivity contribution in [1.29, 1.82) is 0 Å². The van der Waals surface area contributed by atoms with Crippen LogP contribution in [0.4, 0.5) is 0 Å². The van der Waals surface area contributed by atoms with Crippen LogP contribution >= 0.6 is 0 Å². The van der Waals surface area contributed by atoms with Gasteiger partial charge in [-0.15, -0.1) is 0 Å². The summed E-state index contributed by atoms with van der Waals surface area (Å²) in [5.41, 5.74) is 2.31. The van der Waals surface area contributed by atoms with E-state index in [0.717, 1.165) is 18.5 Å². The first-order chi connectivity index (χ1) is 17.4. The fraction of sp³-hybridized carbons (Fsp3) is 0.552. The molecule has 1 fully saturated rings. The number of aliphatic hydroxyl groups excluding tert-OH is 1. The zero-order chi connectivity index (χ0) is 25.5. The largest absolute Gasteiger partial charge is 0.472 e. The number of carbonyl (C=O) groups is 1. The number of pyridine rings is 2. The van der Waals surface area contributed by atoms with Gasteiger partial charge in [-0.05, 0) is 56.5 Å². The summed E-state index contributed by atoms with van der Waals surface area (Å²) in [7, 11) is 2.06. The first-order valence-electron chi connectivity index (χ1n) is 13.1. The number of nitrogens with zero attached hydrogens (tertiary/aromatic N) is 4. The van der Waals surface area contributed by atoms with Gasteiger partial charge in [0.15, 0.2) is 0 Å². The molecule has 2 aromatic rings. The normalized spacial score (nSPS) is 21.2. The van der Waals surface area contributed by atoms with E-state index in [1.54, 1.807) is 29.6 Å². The second kappa shape index (κ2) is 12.3. The van der Waals surface area contributed by atoms with Crippen LogP contribution in [0.25, 0.3) is 0 Å². The van der Waals surface area contributed by atoms with E-state index in [9.17, 15) is 9.90 Å². The number of fused-ring (bicyclic) bond motifs is 1. The molecule has 3 heterocycles. The van der Waals surface area contributed by atoms with Gasteiger partial charge in [0.05, 0.1) is 12.6 Å². The molecule has 1 amide bonds. The molecule has 0 aromatic carbocycles. The molecule has 1 aliphatic carbocycles. The van der Waals surface area contributed by atoms with Gasteiger partial charge in [-0.2, -0.15) is 0 Å². The first-order valence-corrected chi connectivity index (χ1v) is 13.1. The smallest absolute Gasteiger partial charge is 0.259 e. The van der Waals surface area contributed by atoms with Crippen LogP contribution in [0.3, 0.4) is 0 Å². The van der Waals surface area contributed by atoms with Gasteiger partial charge in [0.25, 0.3) is 5.91 Å². The molecular formula is C29H38N4O3. The summed E-state index contributed by atoms with van der Waals surface area (Å²) in [6, 6.07) is 5.51. The lowest BCUT2D eigenvalue weighted by Gasteiger charge is -2.37. The molecule has 192 valence electrons. The SMILES string of the molecule is C[C@H](CO)N1C[C@H](C)[C@H](CN(C)Cc2ccncc2)Oc2ncc(C#CCC3CCCC3)cc2C1=O. The van der Waals surface area contributed by atoms with Crippen molar-refractivity contribution in [3.8, 4) is 17.7 Å². The van der Waals surface area contributed by atoms with Gasteiger partial charge in [0.2, 0.25) is 5.88 Å². The van der Waals surface area contributed by atoms with Gasteiger partial charge >= 0.3 is 0 Å². The Labute approximate surface area is 214 Å². The van der Waals surface area contributed by atoms with Crippen LogP contribution < -0.4 is 4.74 Å². The van der Waals surface area contributed by atoms with Crippen LogP contribution in [0, 0.1) is 23.7 Å². The van der Waals surface area contributed by atoms with E-state index in [2.05, 4.69) is 40.7 Å². The second-order valence-electron chi connectivity index (χ2n) is 10.4. The Balaban J connectivity index is 1.57. The molecule has 0 unspecified atom stereocenters. The Morgan fingerprint density at radius 2 is 2.03 bits per heavy atom. The second-order valence-corrected chi connectivity index (χ2v) is 10.4. The van der Waals surface area contributed by atoms with E-state index >= 15 is 0 Å².